The van der Waals surface area contributed by atoms with Crippen molar-refractivity contribution in [3.05, 3.63) is 0 Å². The predicted octanol–water partition coefficient (Wildman–Crippen LogP) is -28.6. The van der Waals surface area contributed by atoms with Crippen LogP contribution in [-0.2, 0) is 138 Å². The standard InChI is InChI=1S/C74H117N8O52.2Na.H2O/c1-16-24(11-83)120-69(47(106)35(16)94)126-56-33(77-20(5)90)67(123-27(14-86)41(56)100)130-58-45(104)51(110)73(127-54-31(75-18(3)88)65(116-7)121-25(12-84)39(54)98)132-60(58)62(112)81-79-29(92)9-22-37(96)43(102)49(108)70(118-22)134-71-50(109)44(103)38(97)23(119-71)10-30(93)80-82-63(113)61-59(46(105)52(111)74(133-61)128-55-32(76-19(4)89)66(117-8)122-26(13-85)40(55)99)131-68-34(78-21(6)91)57(42(101)28(15-87)124-68)129-72-48(107)36(95)17(2)53(125-72)64(114)115;;;/h16-17,22-28,31-61,65-74,84-87,94-111H,9-10,12-15H2,1-8H3,(H,75,88)(H,76,89)(H,77,90)(H,78,91)(H,79,92)(H,80,93)(H,81,112)(H,82,113)(H,114,115);;;1H2/q-1;2*+1;/p-2/t16-,17+,22?,23?,24?,25?,26?,27?,28?,31?,32?,33?,34?,35+,36+,37-,38-,39-,40-,41-,42-,43+,44+,45-,46-,47?,48?,49?,50?,51?,52?,53?,54-,55-,56-,57-,58+,59+,60?,61?,65-,66-,67+,68+,69+,70-,71-,72+,73-,74-;;;/m1.../s1. The Morgan fingerprint density at radius 2 is 0.555 bits per heavy atom. The van der Waals surface area contributed by atoms with E-state index in [0.29, 0.717) is 0 Å². The molecule has 10 saturated heterocycles. The van der Waals surface area contributed by atoms with Crippen molar-refractivity contribution in [2.24, 2.45) is 11.8 Å². The number of ether oxygens (including phenoxy) is 19. The largest absolute Gasteiger partial charge is 1.00 e. The molecule has 10 heterocycles. The number of carbonyl (C=O) groups excluding carboxylic acids is 10. The number of amides is 8. The van der Waals surface area contributed by atoms with Crippen molar-refractivity contribution < 1.29 is 320 Å². The zero-order valence-electron chi connectivity index (χ0n) is 74.6. The van der Waals surface area contributed by atoms with Crippen LogP contribution in [0.1, 0.15) is 54.4 Å². The number of nitrogens with one attached hydrogen (secondary N) is 8. The van der Waals surface area contributed by atoms with Crippen molar-refractivity contribution in [3.8, 4) is 0 Å². The minimum absolute atomic E-state index is 0. The van der Waals surface area contributed by atoms with Gasteiger partial charge in [0.1, 0.15) is 189 Å². The third kappa shape index (κ3) is 27.3. The average molecular weight is 2010 g/mol. The number of hydrazine groups is 2. The van der Waals surface area contributed by atoms with Crippen molar-refractivity contribution in [2.75, 3.05) is 40.6 Å². The Morgan fingerprint density at radius 1 is 0.299 bits per heavy atom. The predicted molar refractivity (Wildman–Crippen MR) is 411 cm³/mol. The van der Waals surface area contributed by atoms with E-state index in [1.54, 1.807) is 0 Å². The summed E-state index contributed by atoms with van der Waals surface area (Å²) in [5.41, 5.74) is 7.57. The smallest absolute Gasteiger partial charge is 0.870 e. The van der Waals surface area contributed by atoms with Gasteiger partial charge in [0.25, 0.3) is 11.8 Å². The van der Waals surface area contributed by atoms with Gasteiger partial charge in [0.2, 0.25) is 35.4 Å². The number of carboxylic acids is 1. The summed E-state index contributed by atoms with van der Waals surface area (Å²) >= 11 is 0. The molecule has 0 aromatic rings. The Hall–Kier alpha value is -4.78. The van der Waals surface area contributed by atoms with Gasteiger partial charge in [-0.2, -0.15) is 0 Å². The molecular weight excluding hydrogens is 1890 g/mol. The Kier molecular flexibility index (Phi) is 45.5. The number of methoxy groups -OCH3 is 2. The van der Waals surface area contributed by atoms with Crippen LogP contribution >= 0.6 is 0 Å². The van der Waals surface area contributed by atoms with Gasteiger partial charge in [-0.3, -0.25) is 60.1 Å². The van der Waals surface area contributed by atoms with Gasteiger partial charge in [-0.1, -0.05) is 13.8 Å². The van der Waals surface area contributed by atoms with E-state index in [0.717, 1.165) is 48.8 Å². The second-order valence-electron chi connectivity index (χ2n) is 33.3. The summed E-state index contributed by atoms with van der Waals surface area (Å²) in [4.78, 5) is 133. The summed E-state index contributed by atoms with van der Waals surface area (Å²) in [5.74, 6) is -14.2. The zero-order chi connectivity index (χ0) is 99.1. The maximum atomic E-state index is 14.8. The van der Waals surface area contributed by atoms with E-state index in [1.165, 1.54) is 13.2 Å². The van der Waals surface area contributed by atoms with E-state index < -0.39 is 399 Å². The molecule has 0 aromatic heterocycles. The Morgan fingerprint density at radius 3 is 0.847 bits per heavy atom. The number of aliphatic carboxylic acids is 1. The molecule has 0 saturated carbocycles. The number of hydrogen-bond acceptors (Lipinski definition) is 53. The van der Waals surface area contributed by atoms with Gasteiger partial charge in [0, 0.05) is 47.8 Å². The maximum Gasteiger partial charge on any atom is 1.00 e. The number of aliphatic hydroxyl groups is 22. The molecule has 0 bridgehead atoms. The fourth-order valence-electron chi connectivity index (χ4n) is 16.7. The van der Waals surface area contributed by atoms with Crippen molar-refractivity contribution in [3.63, 3.8) is 0 Å². The molecule has 0 aliphatic carbocycles. The molecule has 774 valence electrons. The molecule has 0 spiro atoms. The Balaban J connectivity index is 0.00000852. The first-order chi connectivity index (χ1) is 63.2. The van der Waals surface area contributed by atoms with Crippen molar-refractivity contribution >= 4 is 59.5 Å². The van der Waals surface area contributed by atoms with Crippen molar-refractivity contribution in [1.82, 2.24) is 43.0 Å². The van der Waals surface area contributed by atoms with Crippen molar-refractivity contribution in [1.29, 1.82) is 0 Å². The van der Waals surface area contributed by atoms with E-state index in [-0.39, 0.29) is 64.6 Å². The van der Waals surface area contributed by atoms with Crippen LogP contribution < -0.4 is 107 Å². The van der Waals surface area contributed by atoms with Crippen LogP contribution in [0.5, 0.6) is 0 Å². The fraction of sp³-hybridized carbons (Fsp3) is 0.865. The first kappa shape index (κ1) is 119. The monoisotopic (exact) mass is 2010 g/mol. The summed E-state index contributed by atoms with van der Waals surface area (Å²) in [5, 5.41) is 268. The summed E-state index contributed by atoms with van der Waals surface area (Å²) < 4.78 is 109. The van der Waals surface area contributed by atoms with Gasteiger partial charge in [0.05, 0.1) is 69.7 Å². The van der Waals surface area contributed by atoms with Gasteiger partial charge >= 0.3 is 59.1 Å². The fourth-order valence-corrected chi connectivity index (χ4v) is 16.7. The van der Waals surface area contributed by atoms with Gasteiger partial charge in [-0.05, 0) is 12.0 Å². The van der Waals surface area contributed by atoms with Crippen LogP contribution in [0.25, 0.3) is 0 Å². The molecule has 10 rings (SSSR count). The molecule has 0 aromatic carbocycles. The first-order valence-electron chi connectivity index (χ1n) is 41.9. The van der Waals surface area contributed by atoms with Gasteiger partial charge in [0.15, 0.2) is 75.1 Å². The quantitative estimate of drug-likeness (QED) is 0.0169. The molecule has 10 aliphatic heterocycles. The van der Waals surface area contributed by atoms with Crippen LogP contribution in [0.3, 0.4) is 0 Å². The molecular formula is C74H117N8Na2O53-. The van der Waals surface area contributed by atoms with Crippen LogP contribution in [0.4, 0.5) is 0 Å². The molecule has 63 heteroatoms. The summed E-state index contributed by atoms with van der Waals surface area (Å²) in [7, 11) is 2.15. The second-order valence-corrected chi connectivity index (χ2v) is 33.3. The SMILES string of the molecule is CO[C@@H]1OC(CO)[C@@H](O)[C@H](O[C@@H]2OC(C(=O)NNC(=O)CC3O[C@H](O[C@H]4OC(CC(=O)NNC(=O)C5O[C@@H](O[C@@H]6C(NC(C)=O)[C@H](OC)OC(CO)[C@H]6O)C(O)[C@@H](O)[C@@H]5O[C@@H]5OC(CO)[C@@H](O)[C@H](O[C@@H]6OC(C(=O)[O-])[C@@H](C)[C@H](O)C6O)C5NC(C)=O)[C@@H](O)[C@H](O)C4O)C(O)[C@@H](O)[C@@H]3O)[C@@H](O[C@@H]3OC(CO)[C@@H](O)[C@H](O[C@@H]4OC([C-]=O)[C@@H](C)[C@H](O)C4O)C3NC(C)=O)[C@H](O)C2O)C1NC(C)=O.[Na+].[Na+].[OH-]. The molecule has 61 nitrogen and oxygen atoms in total. The van der Waals surface area contributed by atoms with Crippen LogP contribution in [0.2, 0.25) is 0 Å². The number of rotatable bonds is 32. The molecule has 8 amide bonds. The van der Waals surface area contributed by atoms with E-state index >= 15 is 0 Å². The third-order valence-electron chi connectivity index (χ3n) is 23.9. The van der Waals surface area contributed by atoms with Gasteiger partial charge in [-0.25, -0.2) is 6.29 Å². The topological polar surface area (TPSA) is 940 Å². The number of carboxylic acid groups (broad SMARTS) is 1. The number of carbonyl (C=O) groups is 9. The number of hydrogen-bond donors (Lipinski definition) is 30. The summed E-state index contributed by atoms with van der Waals surface area (Å²) in [6.45, 7) is 2.05. The minimum atomic E-state index is -2.59. The van der Waals surface area contributed by atoms with Crippen molar-refractivity contribution in [2.45, 2.75) is 349 Å². The third-order valence-corrected chi connectivity index (χ3v) is 23.9. The zero-order valence-corrected chi connectivity index (χ0v) is 78.6. The van der Waals surface area contributed by atoms with Gasteiger partial charge in [-0.15, -0.1) is 0 Å². The first-order valence-corrected chi connectivity index (χ1v) is 41.9. The molecule has 50 atom stereocenters. The Labute approximate surface area is 819 Å². The average Bonchev–Trinajstić information content (AvgIpc) is 0.764. The molecule has 10 aliphatic rings. The minimum Gasteiger partial charge on any atom is -0.870 e. The van der Waals surface area contributed by atoms with Crippen LogP contribution in [0.15, 0.2) is 0 Å². The Bertz CT molecular complexity index is 3910. The van der Waals surface area contributed by atoms with E-state index in [4.69, 9.17) is 90.0 Å². The number of aliphatic hydroxyl groups excluding tert-OH is 22. The van der Waals surface area contributed by atoms with E-state index in [9.17, 15) is 165 Å². The second kappa shape index (κ2) is 52.3. The van der Waals surface area contributed by atoms with Gasteiger partial charge < -0.3 is 244 Å². The summed E-state index contributed by atoms with van der Waals surface area (Å²) in [6.07, 6.45) is -95.8. The summed E-state index contributed by atoms with van der Waals surface area (Å²) in [6, 6.07) is -7.14. The van der Waals surface area contributed by atoms with Crippen LogP contribution in [-0.4, -0.2) is 513 Å². The molecule has 10 fully saturated rings. The normalized spacial score (nSPS) is 45.0. The molecule has 137 heavy (non-hydrogen) atoms. The van der Waals surface area contributed by atoms with E-state index in [2.05, 4.69) is 21.3 Å². The van der Waals surface area contributed by atoms with E-state index in [1.807, 2.05) is 21.7 Å². The molecule has 31 N–H and O–H groups in total. The van der Waals surface area contributed by atoms with Crippen LogP contribution in [0, 0.1) is 11.8 Å². The molecule has 0 radical (unpaired) electrons. The maximum absolute atomic E-state index is 14.8. The molecule has 20 unspecified atom stereocenters.